The molecule has 8 aliphatic rings. The van der Waals surface area contributed by atoms with E-state index in [0.29, 0.717) is 31.6 Å². The molecule has 8 atom stereocenters. The van der Waals surface area contributed by atoms with Crippen LogP contribution in [0.1, 0.15) is 148 Å². The van der Waals surface area contributed by atoms with Gasteiger partial charge in [0.1, 0.15) is 24.2 Å². The first-order valence-corrected chi connectivity index (χ1v) is 23.6. The average Bonchev–Trinajstić information content (AvgIpc) is 3.69. The molecule has 0 radical (unpaired) electrons. The van der Waals surface area contributed by atoms with Gasteiger partial charge in [-0.1, -0.05) is 70.6 Å². The minimum absolute atomic E-state index is 0.00187. The number of aliphatic hydroxyl groups is 1. The van der Waals surface area contributed by atoms with Crippen LogP contribution in [0.3, 0.4) is 0 Å². The van der Waals surface area contributed by atoms with Crippen molar-refractivity contribution in [3.63, 3.8) is 0 Å². The predicted molar refractivity (Wildman–Crippen MR) is 216 cm³/mol. The second kappa shape index (κ2) is 19.0. The highest BCUT2D eigenvalue weighted by Crippen LogP contribution is 2.65. The maximum Gasteiger partial charge on any atom is 0.421 e. The number of ether oxygens (including phenoxy) is 4. The molecule has 6 fully saturated rings. The fraction of sp³-hybridized carbons (Fsp3) is 0.870. The van der Waals surface area contributed by atoms with E-state index in [2.05, 4.69) is 4.90 Å². The van der Waals surface area contributed by atoms with Crippen molar-refractivity contribution in [3.05, 3.63) is 11.3 Å². The topological polar surface area (TPSA) is 135 Å². The van der Waals surface area contributed by atoms with Crippen LogP contribution in [0.15, 0.2) is 11.3 Å². The van der Waals surface area contributed by atoms with Crippen molar-refractivity contribution in [1.82, 2.24) is 14.7 Å². The van der Waals surface area contributed by atoms with E-state index in [1.807, 2.05) is 4.90 Å². The highest BCUT2D eigenvalue weighted by molar-refractivity contribution is 6.07. The van der Waals surface area contributed by atoms with Crippen LogP contribution >= 0.6 is 0 Å². The maximum absolute atomic E-state index is 16.3. The van der Waals surface area contributed by atoms with Crippen LogP contribution in [0.25, 0.3) is 0 Å². The lowest BCUT2D eigenvalue weighted by atomic mass is 9.59. The van der Waals surface area contributed by atoms with Gasteiger partial charge >= 0.3 is 12.1 Å². The Morgan fingerprint density at radius 1 is 0.759 bits per heavy atom. The molecule has 324 valence electrons. The van der Waals surface area contributed by atoms with Crippen LogP contribution < -0.4 is 0 Å². The fourth-order valence-corrected chi connectivity index (χ4v) is 13.5. The number of hydrogen-bond donors (Lipinski definition) is 1. The summed E-state index contributed by atoms with van der Waals surface area (Å²) in [7, 11) is 1.55. The quantitative estimate of drug-likeness (QED) is 0.183. The normalized spacial score (nSPS) is 35.7. The van der Waals surface area contributed by atoms with E-state index in [1.54, 1.807) is 7.11 Å². The lowest BCUT2D eigenvalue weighted by molar-refractivity contribution is -0.193. The number of carbonyl (C=O) groups excluding carboxylic acids is 4. The number of nitrogens with zero attached hydrogens (tertiary/aromatic N) is 3. The highest BCUT2D eigenvalue weighted by atomic mass is 16.6. The minimum atomic E-state index is -1.48. The second-order valence-electron chi connectivity index (χ2n) is 18.9. The monoisotopic (exact) mass is 810 g/mol. The van der Waals surface area contributed by atoms with Crippen molar-refractivity contribution in [2.45, 2.75) is 178 Å². The third kappa shape index (κ3) is 7.67. The number of cyclic esters (lactones) is 1. The molecule has 0 aromatic rings. The molecule has 2 unspecified atom stereocenters. The lowest BCUT2D eigenvalue weighted by Crippen LogP contribution is -2.66. The Morgan fingerprint density at radius 2 is 1.40 bits per heavy atom. The van der Waals surface area contributed by atoms with Gasteiger partial charge in [0, 0.05) is 37.9 Å². The third-order valence-electron chi connectivity index (χ3n) is 15.8. The van der Waals surface area contributed by atoms with Crippen molar-refractivity contribution >= 4 is 23.9 Å². The van der Waals surface area contributed by atoms with Gasteiger partial charge in [-0.15, -0.1) is 0 Å². The summed E-state index contributed by atoms with van der Waals surface area (Å²) < 4.78 is 24.5. The van der Waals surface area contributed by atoms with E-state index in [4.69, 9.17) is 18.9 Å². The average molecular weight is 810 g/mol. The summed E-state index contributed by atoms with van der Waals surface area (Å²) in [5.41, 5.74) is 0.0632. The predicted octanol–water partition coefficient (Wildman–Crippen LogP) is 6.91. The number of morpholine rings is 1. The van der Waals surface area contributed by atoms with Crippen LogP contribution in [0, 0.1) is 29.1 Å². The van der Waals surface area contributed by atoms with E-state index >= 15 is 14.4 Å². The van der Waals surface area contributed by atoms with Gasteiger partial charge < -0.3 is 29.0 Å². The summed E-state index contributed by atoms with van der Waals surface area (Å²) in [5, 5.41) is 10.1. The van der Waals surface area contributed by atoms with E-state index in [9.17, 15) is 9.90 Å². The zero-order valence-electron chi connectivity index (χ0n) is 35.3. The first-order chi connectivity index (χ1) is 28.4. The molecule has 4 aliphatic heterocycles. The summed E-state index contributed by atoms with van der Waals surface area (Å²) in [6.07, 6.45) is 20.7. The maximum atomic E-state index is 16.3. The molecule has 58 heavy (non-hydrogen) atoms. The largest absolute Gasteiger partial charge is 0.459 e. The summed E-state index contributed by atoms with van der Waals surface area (Å²) in [6, 6.07) is -1.68. The molecule has 4 heterocycles. The molecule has 0 aromatic carbocycles. The fourth-order valence-electron chi connectivity index (χ4n) is 13.5. The van der Waals surface area contributed by atoms with Crippen molar-refractivity contribution in [2.75, 3.05) is 46.6 Å². The van der Waals surface area contributed by atoms with E-state index in [-0.39, 0.29) is 74.3 Å². The Balaban J connectivity index is 1.37. The van der Waals surface area contributed by atoms with E-state index in [0.717, 1.165) is 128 Å². The lowest BCUT2D eigenvalue weighted by Gasteiger charge is -2.54. The Morgan fingerprint density at radius 3 is 2.10 bits per heavy atom. The van der Waals surface area contributed by atoms with Gasteiger partial charge in [-0.3, -0.25) is 19.3 Å². The number of rotatable bonds is 10. The van der Waals surface area contributed by atoms with Gasteiger partial charge in [-0.25, -0.2) is 9.69 Å². The van der Waals surface area contributed by atoms with Crippen molar-refractivity contribution in [3.8, 4) is 0 Å². The van der Waals surface area contributed by atoms with Gasteiger partial charge in [0.15, 0.2) is 0 Å². The summed E-state index contributed by atoms with van der Waals surface area (Å²) in [6.45, 7) is 1.44. The summed E-state index contributed by atoms with van der Waals surface area (Å²) >= 11 is 0. The number of imide groups is 1. The van der Waals surface area contributed by atoms with Crippen LogP contribution in [-0.2, 0) is 33.3 Å². The van der Waals surface area contributed by atoms with Gasteiger partial charge in [-0.2, -0.15) is 0 Å². The Bertz CT molecular complexity index is 1500. The molecule has 12 heteroatoms. The zero-order chi connectivity index (χ0) is 40.2. The molecule has 3 saturated heterocycles. The first-order valence-electron chi connectivity index (χ1n) is 23.6. The number of hydrogen-bond acceptors (Lipinski definition) is 10. The summed E-state index contributed by atoms with van der Waals surface area (Å²) in [4.78, 5) is 67.8. The molecular formula is C46H71N3O9. The number of aliphatic hydroxyl groups excluding tert-OH is 1. The van der Waals surface area contributed by atoms with Crippen LogP contribution in [-0.4, -0.2) is 121 Å². The molecule has 0 aromatic heterocycles. The molecule has 3 saturated carbocycles. The first kappa shape index (κ1) is 42.2. The van der Waals surface area contributed by atoms with Crippen LogP contribution in [0.4, 0.5) is 4.79 Å². The number of allylic oxidation sites excluding steroid dienone is 1. The number of likely N-dealkylation sites (tertiary alicyclic amines) is 1. The molecule has 1 N–H and O–H groups in total. The SMILES string of the molecule is COCCOC(=O)N1C(=O)[C@@]2(C3=C1CCCC3)[C@H](C1CCCCC1OCCO)N1[C@H](C3CCCCC3)[C@H](C3CCCCC3)OC(=O)[C@H]1[C@@H]2C(=O)N1CCCCCCC1. The molecule has 8 rings (SSSR count). The van der Waals surface area contributed by atoms with Crippen LogP contribution in [0.5, 0.6) is 0 Å². The molecule has 3 amide bonds. The standard InChI is InChI=1S/C46H71N3O9/c1-55-29-30-57-45(54)48-35-23-13-12-22-34(35)46(44(48)53)37(42(51)47-25-15-3-2-4-16-26-47)39-43(52)58-40(32-19-9-6-10-20-32)38(31-17-7-5-8-18-31)49(39)41(46)33-21-11-14-24-36(33)56-28-27-50/h31-33,36-41,50H,2-30H2,1H3/t33?,36?,37-,38-,39-,40+,41+,46-/m1/s1. The third-order valence-corrected chi connectivity index (χ3v) is 15.8. The highest BCUT2D eigenvalue weighted by Gasteiger charge is 2.77. The molecule has 4 aliphatic carbocycles. The molecule has 12 nitrogen and oxygen atoms in total. The summed E-state index contributed by atoms with van der Waals surface area (Å²) in [5.74, 6) is -1.70. The van der Waals surface area contributed by atoms with Crippen molar-refractivity contribution in [1.29, 1.82) is 0 Å². The molecule has 1 spiro atoms. The zero-order valence-corrected chi connectivity index (χ0v) is 35.3. The Labute approximate surface area is 346 Å². The van der Waals surface area contributed by atoms with Crippen molar-refractivity contribution < 1.29 is 43.2 Å². The smallest absolute Gasteiger partial charge is 0.421 e. The Hall–Kier alpha value is -2.54. The van der Waals surface area contributed by atoms with Gasteiger partial charge in [0.2, 0.25) is 11.8 Å². The Kier molecular flexibility index (Phi) is 13.8. The van der Waals surface area contributed by atoms with Gasteiger partial charge in [0.25, 0.3) is 0 Å². The van der Waals surface area contributed by atoms with Crippen LogP contribution in [0.2, 0.25) is 0 Å². The minimum Gasteiger partial charge on any atom is -0.459 e. The molecule has 0 bridgehead atoms. The number of fused-ring (bicyclic) bond motifs is 2. The molecular weight excluding hydrogens is 739 g/mol. The number of esters is 1. The van der Waals surface area contributed by atoms with Gasteiger partial charge in [-0.05, 0) is 94.5 Å². The number of carbonyl (C=O) groups is 4. The van der Waals surface area contributed by atoms with E-state index < -0.39 is 35.4 Å². The van der Waals surface area contributed by atoms with E-state index in [1.165, 1.54) is 17.7 Å². The van der Waals surface area contributed by atoms with Gasteiger partial charge in [0.05, 0.1) is 37.9 Å². The van der Waals surface area contributed by atoms with Crippen molar-refractivity contribution in [2.24, 2.45) is 29.1 Å². The number of amides is 3. The second-order valence-corrected chi connectivity index (χ2v) is 18.9. The number of methoxy groups -OCH3 is 1.